The molecule has 2 atom stereocenters. The Kier molecular flexibility index (Phi) is 5.55. The zero-order valence-corrected chi connectivity index (χ0v) is 14.2. The Labute approximate surface area is 135 Å². The lowest BCUT2D eigenvalue weighted by molar-refractivity contribution is 0.525. The number of hydrogen-bond acceptors (Lipinski definition) is 3. The molecule has 2 unspecified atom stereocenters. The van der Waals surface area contributed by atoms with Crippen molar-refractivity contribution in [1.29, 1.82) is 5.26 Å². The molecule has 0 amide bonds. The van der Waals surface area contributed by atoms with Gasteiger partial charge in [-0.15, -0.1) is 11.6 Å². The number of imidazole rings is 1. The molecule has 0 fully saturated rings. The summed E-state index contributed by atoms with van der Waals surface area (Å²) in [6.07, 6.45) is 1.07. The molecule has 0 N–H and O–H groups in total. The van der Waals surface area contributed by atoms with Crippen LogP contribution in [0, 0.1) is 11.3 Å². The van der Waals surface area contributed by atoms with Crippen molar-refractivity contribution in [1.82, 2.24) is 9.55 Å². The highest BCUT2D eigenvalue weighted by atomic mass is 35.5. The molecule has 2 rings (SSSR count). The molecule has 3 nitrogen and oxygen atoms in total. The van der Waals surface area contributed by atoms with Gasteiger partial charge in [0.05, 0.1) is 28.0 Å². The zero-order valence-electron chi connectivity index (χ0n) is 12.6. The maximum Gasteiger partial charge on any atom is 0.127 e. The Morgan fingerprint density at radius 3 is 2.81 bits per heavy atom. The van der Waals surface area contributed by atoms with Crippen LogP contribution in [-0.2, 0) is 0 Å². The molecule has 1 heterocycles. The van der Waals surface area contributed by atoms with Crippen LogP contribution in [0.15, 0.2) is 18.2 Å². The van der Waals surface area contributed by atoms with Crippen molar-refractivity contribution in [3.8, 4) is 6.07 Å². The average Bonchev–Trinajstić information content (AvgIpc) is 2.86. The first-order valence-corrected chi connectivity index (χ1v) is 8.81. The highest BCUT2D eigenvalue weighted by molar-refractivity contribution is 7.99. The molecule has 0 saturated carbocycles. The van der Waals surface area contributed by atoms with E-state index >= 15 is 0 Å². The van der Waals surface area contributed by atoms with Crippen molar-refractivity contribution in [2.75, 3.05) is 11.5 Å². The molecule has 2 aromatic rings. The number of halogens is 1. The van der Waals surface area contributed by atoms with E-state index in [-0.39, 0.29) is 5.38 Å². The van der Waals surface area contributed by atoms with Gasteiger partial charge in [-0.2, -0.15) is 17.0 Å². The van der Waals surface area contributed by atoms with E-state index in [1.54, 1.807) is 6.07 Å². The summed E-state index contributed by atoms with van der Waals surface area (Å²) in [7, 11) is 0. The number of hydrogen-bond donors (Lipinski definition) is 0. The predicted octanol–water partition coefficient (Wildman–Crippen LogP) is 4.91. The first-order valence-electron chi connectivity index (χ1n) is 7.22. The number of nitriles is 1. The summed E-state index contributed by atoms with van der Waals surface area (Å²) < 4.78 is 2.20. The maximum atomic E-state index is 9.11. The fraction of sp³-hybridized carbons (Fsp3) is 0.500. The van der Waals surface area contributed by atoms with Crippen LogP contribution in [0.4, 0.5) is 0 Å². The minimum Gasteiger partial charge on any atom is -0.324 e. The van der Waals surface area contributed by atoms with Gasteiger partial charge in [0.2, 0.25) is 0 Å². The highest BCUT2D eigenvalue weighted by Crippen LogP contribution is 2.30. The zero-order chi connectivity index (χ0) is 15.4. The van der Waals surface area contributed by atoms with Crippen molar-refractivity contribution >= 4 is 34.4 Å². The van der Waals surface area contributed by atoms with Gasteiger partial charge in [-0.25, -0.2) is 4.98 Å². The highest BCUT2D eigenvalue weighted by Gasteiger charge is 2.19. The van der Waals surface area contributed by atoms with Gasteiger partial charge < -0.3 is 4.57 Å². The van der Waals surface area contributed by atoms with Crippen LogP contribution in [0.2, 0.25) is 0 Å². The first kappa shape index (κ1) is 16.2. The molecule has 1 aromatic heterocycles. The molecule has 1 aromatic carbocycles. The van der Waals surface area contributed by atoms with Crippen molar-refractivity contribution < 1.29 is 0 Å². The molecular formula is C16H20ClN3S. The fourth-order valence-electron chi connectivity index (χ4n) is 2.45. The molecule has 0 saturated heterocycles. The number of thioether (sulfide) groups is 1. The second-order valence-electron chi connectivity index (χ2n) is 5.11. The van der Waals surface area contributed by atoms with E-state index in [0.717, 1.165) is 34.8 Å². The molecule has 0 aliphatic rings. The van der Waals surface area contributed by atoms with E-state index < -0.39 is 0 Å². The van der Waals surface area contributed by atoms with E-state index in [1.165, 1.54) is 0 Å². The normalized spacial score (nSPS) is 14.0. The molecule has 112 valence electrons. The van der Waals surface area contributed by atoms with Crippen LogP contribution in [0.25, 0.3) is 11.0 Å². The van der Waals surface area contributed by atoms with Gasteiger partial charge in [-0.3, -0.25) is 0 Å². The molecular weight excluding hydrogens is 302 g/mol. The summed E-state index contributed by atoms with van der Waals surface area (Å²) in [5.74, 6) is 3.14. The minimum atomic E-state index is -0.149. The molecule has 0 radical (unpaired) electrons. The lowest BCUT2D eigenvalue weighted by atomic mass is 10.2. The van der Waals surface area contributed by atoms with Crippen molar-refractivity contribution in [3.05, 3.63) is 29.6 Å². The fourth-order valence-corrected chi connectivity index (χ4v) is 3.40. The predicted molar refractivity (Wildman–Crippen MR) is 91.0 cm³/mol. The van der Waals surface area contributed by atoms with E-state index in [1.807, 2.05) is 30.8 Å². The monoisotopic (exact) mass is 321 g/mol. The summed E-state index contributed by atoms with van der Waals surface area (Å²) >= 11 is 8.25. The quantitative estimate of drug-likeness (QED) is 0.560. The van der Waals surface area contributed by atoms with Gasteiger partial charge in [0, 0.05) is 6.04 Å². The summed E-state index contributed by atoms with van der Waals surface area (Å²) in [5, 5.41) is 8.96. The third-order valence-electron chi connectivity index (χ3n) is 3.53. The number of aromatic nitrogens is 2. The van der Waals surface area contributed by atoms with Crippen LogP contribution < -0.4 is 0 Å². The minimum absolute atomic E-state index is 0.149. The van der Waals surface area contributed by atoms with Gasteiger partial charge in [-0.05, 0) is 50.0 Å². The van der Waals surface area contributed by atoms with Crippen molar-refractivity contribution in [2.24, 2.45) is 0 Å². The Bertz CT molecular complexity index is 657. The lowest BCUT2D eigenvalue weighted by Crippen LogP contribution is -2.11. The molecule has 5 heteroatoms. The van der Waals surface area contributed by atoms with Crippen LogP contribution >= 0.6 is 23.4 Å². The number of benzene rings is 1. The van der Waals surface area contributed by atoms with Crippen molar-refractivity contribution in [2.45, 2.75) is 38.6 Å². The number of nitrogens with zero attached hydrogens (tertiary/aromatic N) is 3. The van der Waals surface area contributed by atoms with Crippen LogP contribution in [-0.4, -0.2) is 21.1 Å². The van der Waals surface area contributed by atoms with Gasteiger partial charge in [0.1, 0.15) is 5.82 Å². The van der Waals surface area contributed by atoms with E-state index in [2.05, 4.69) is 29.5 Å². The second-order valence-corrected chi connectivity index (χ2v) is 7.15. The van der Waals surface area contributed by atoms with Gasteiger partial charge >= 0.3 is 0 Å². The first-order chi connectivity index (χ1) is 10.1. The Morgan fingerprint density at radius 1 is 1.43 bits per heavy atom. The molecule has 0 bridgehead atoms. The summed E-state index contributed by atoms with van der Waals surface area (Å²) in [5.41, 5.74) is 2.57. The summed E-state index contributed by atoms with van der Waals surface area (Å²) in [6, 6.07) is 8.14. The molecule has 0 aliphatic carbocycles. The van der Waals surface area contributed by atoms with Crippen molar-refractivity contribution in [3.63, 3.8) is 0 Å². The standard InChI is InChI=1S/C16H20ClN3S/c1-4-21-8-7-11(2)20-15-9-13(10-18)5-6-14(15)19-16(20)12(3)17/h5-6,9,11-12H,4,7-8H2,1-3H3. The van der Waals surface area contributed by atoms with Crippen LogP contribution in [0.3, 0.4) is 0 Å². The number of alkyl halides is 1. The number of fused-ring (bicyclic) bond motifs is 1. The Hall–Kier alpha value is -1.18. The van der Waals surface area contributed by atoms with Gasteiger partial charge in [0.25, 0.3) is 0 Å². The molecule has 0 spiro atoms. The third-order valence-corrected chi connectivity index (χ3v) is 4.65. The maximum absolute atomic E-state index is 9.11. The van der Waals surface area contributed by atoms with E-state index in [0.29, 0.717) is 11.6 Å². The van der Waals surface area contributed by atoms with Gasteiger partial charge in [0.15, 0.2) is 0 Å². The topological polar surface area (TPSA) is 41.6 Å². The SMILES string of the molecule is CCSCCC(C)n1c(C(C)Cl)nc2ccc(C#N)cc21. The average molecular weight is 322 g/mol. The molecule has 21 heavy (non-hydrogen) atoms. The third kappa shape index (κ3) is 3.53. The smallest absolute Gasteiger partial charge is 0.127 e. The van der Waals surface area contributed by atoms with Gasteiger partial charge in [-0.1, -0.05) is 6.92 Å². The van der Waals surface area contributed by atoms with E-state index in [9.17, 15) is 0 Å². The lowest BCUT2D eigenvalue weighted by Gasteiger charge is -2.18. The van der Waals surface area contributed by atoms with Crippen LogP contribution in [0.1, 0.15) is 50.0 Å². The summed E-state index contributed by atoms with van der Waals surface area (Å²) in [6.45, 7) is 6.31. The Morgan fingerprint density at radius 2 is 2.19 bits per heavy atom. The van der Waals surface area contributed by atoms with Crippen LogP contribution in [0.5, 0.6) is 0 Å². The second kappa shape index (κ2) is 7.20. The summed E-state index contributed by atoms with van der Waals surface area (Å²) in [4.78, 5) is 4.65. The Balaban J connectivity index is 2.46. The number of rotatable bonds is 6. The molecule has 0 aliphatic heterocycles. The van der Waals surface area contributed by atoms with E-state index in [4.69, 9.17) is 16.9 Å². The largest absolute Gasteiger partial charge is 0.324 e.